The van der Waals surface area contributed by atoms with Gasteiger partial charge in [-0.3, -0.25) is 0 Å². The van der Waals surface area contributed by atoms with Crippen LogP contribution in [0.3, 0.4) is 0 Å². The zero-order valence-electron chi connectivity index (χ0n) is 14.7. The molecule has 1 heterocycles. The molecular formula is C22H21N3. The van der Waals surface area contributed by atoms with Gasteiger partial charge in [0, 0.05) is 29.2 Å². The first-order valence-corrected chi connectivity index (χ1v) is 8.51. The Labute approximate surface area is 147 Å². The number of anilines is 3. The van der Waals surface area contributed by atoms with Gasteiger partial charge in [0.1, 0.15) is 0 Å². The monoisotopic (exact) mass is 327 g/mol. The van der Waals surface area contributed by atoms with Gasteiger partial charge >= 0.3 is 0 Å². The molecule has 25 heavy (non-hydrogen) atoms. The van der Waals surface area contributed by atoms with Crippen molar-refractivity contribution in [2.45, 2.75) is 13.8 Å². The van der Waals surface area contributed by atoms with Gasteiger partial charge in [0.25, 0.3) is 0 Å². The van der Waals surface area contributed by atoms with E-state index in [2.05, 4.69) is 73.0 Å². The average molecular weight is 327 g/mol. The van der Waals surface area contributed by atoms with Gasteiger partial charge in [-0.05, 0) is 49.2 Å². The number of aromatic nitrogens is 1. The molecule has 0 aliphatic rings. The van der Waals surface area contributed by atoms with Crippen molar-refractivity contribution in [3.05, 3.63) is 71.8 Å². The third kappa shape index (κ3) is 2.68. The van der Waals surface area contributed by atoms with Crippen molar-refractivity contribution in [2.75, 3.05) is 17.7 Å². The van der Waals surface area contributed by atoms with Crippen LogP contribution >= 0.6 is 0 Å². The fraction of sp³-hybridized carbons (Fsp3) is 0.136. The Kier molecular flexibility index (Phi) is 3.77. The topological polar surface area (TPSA) is 37.0 Å². The third-order valence-corrected chi connectivity index (χ3v) is 4.66. The van der Waals surface area contributed by atoms with Gasteiger partial charge in [-0.25, -0.2) is 4.98 Å². The van der Waals surface area contributed by atoms with Gasteiger partial charge in [0.05, 0.1) is 16.7 Å². The number of para-hydroxylation sites is 2. The molecule has 4 aromatic rings. The number of pyridine rings is 1. The van der Waals surface area contributed by atoms with Crippen LogP contribution in [0.15, 0.2) is 60.7 Å². The Morgan fingerprint density at radius 3 is 1.76 bits per heavy atom. The van der Waals surface area contributed by atoms with Crippen molar-refractivity contribution in [3.8, 4) is 0 Å². The summed E-state index contributed by atoms with van der Waals surface area (Å²) in [7, 11) is 1.95. The summed E-state index contributed by atoms with van der Waals surface area (Å²) >= 11 is 0. The Hall–Kier alpha value is -3.07. The van der Waals surface area contributed by atoms with E-state index in [0.717, 1.165) is 38.9 Å². The van der Waals surface area contributed by atoms with Crippen molar-refractivity contribution in [1.29, 1.82) is 0 Å². The molecule has 3 aromatic carbocycles. The Morgan fingerprint density at radius 1 is 0.720 bits per heavy atom. The highest BCUT2D eigenvalue weighted by atomic mass is 14.9. The summed E-state index contributed by atoms with van der Waals surface area (Å²) in [5.74, 6) is 0. The molecule has 1 aromatic heterocycles. The molecule has 0 saturated carbocycles. The van der Waals surface area contributed by atoms with E-state index in [9.17, 15) is 0 Å². The molecule has 0 saturated heterocycles. The van der Waals surface area contributed by atoms with E-state index >= 15 is 0 Å². The normalized spacial score (nSPS) is 11.0. The van der Waals surface area contributed by atoms with Crippen LogP contribution in [0.4, 0.5) is 17.1 Å². The van der Waals surface area contributed by atoms with Gasteiger partial charge in [0.2, 0.25) is 0 Å². The van der Waals surface area contributed by atoms with Crippen LogP contribution in [0.25, 0.3) is 21.8 Å². The molecule has 0 fully saturated rings. The van der Waals surface area contributed by atoms with Crippen molar-refractivity contribution in [1.82, 2.24) is 4.98 Å². The van der Waals surface area contributed by atoms with Crippen LogP contribution in [0.1, 0.15) is 11.1 Å². The molecule has 0 unspecified atom stereocenters. The summed E-state index contributed by atoms with van der Waals surface area (Å²) in [6, 6.07) is 20.9. The second-order valence-electron chi connectivity index (χ2n) is 6.38. The first-order chi connectivity index (χ1) is 12.2. The van der Waals surface area contributed by atoms with Crippen LogP contribution in [0, 0.1) is 13.8 Å². The minimum absolute atomic E-state index is 1.01. The quantitative estimate of drug-likeness (QED) is 0.468. The van der Waals surface area contributed by atoms with Crippen LogP contribution < -0.4 is 10.6 Å². The zero-order valence-corrected chi connectivity index (χ0v) is 14.7. The number of aryl methyl sites for hydroxylation is 2. The second kappa shape index (κ2) is 6.10. The third-order valence-electron chi connectivity index (χ3n) is 4.66. The van der Waals surface area contributed by atoms with Crippen LogP contribution in [-0.2, 0) is 0 Å². The lowest BCUT2D eigenvalue weighted by atomic mass is 10.0. The maximum Gasteiger partial charge on any atom is 0.0730 e. The smallest absolute Gasteiger partial charge is 0.0730 e. The van der Waals surface area contributed by atoms with Gasteiger partial charge in [0.15, 0.2) is 0 Å². The standard InChI is InChI=1S/C22H21N3/c1-14-12-16(23-3)13-15(2)21(14)25-22-17-8-4-6-10-19(17)24-20-11-7-5-9-18(20)22/h4-13,23H,1-3H3,(H,24,25). The molecule has 3 heteroatoms. The second-order valence-corrected chi connectivity index (χ2v) is 6.38. The van der Waals surface area contributed by atoms with E-state index in [1.165, 1.54) is 11.1 Å². The van der Waals surface area contributed by atoms with Crippen molar-refractivity contribution in [2.24, 2.45) is 0 Å². The summed E-state index contributed by atoms with van der Waals surface area (Å²) in [6.45, 7) is 4.28. The highest BCUT2D eigenvalue weighted by Gasteiger charge is 2.12. The molecule has 0 spiro atoms. The summed E-state index contributed by atoms with van der Waals surface area (Å²) < 4.78 is 0. The first kappa shape index (κ1) is 15.5. The van der Waals surface area contributed by atoms with Crippen LogP contribution in [-0.4, -0.2) is 12.0 Å². The number of rotatable bonds is 3. The molecule has 124 valence electrons. The molecule has 0 amide bonds. The molecule has 0 bridgehead atoms. The fourth-order valence-corrected chi connectivity index (χ4v) is 3.40. The number of benzene rings is 3. The molecule has 3 nitrogen and oxygen atoms in total. The summed E-state index contributed by atoms with van der Waals surface area (Å²) in [4.78, 5) is 4.80. The molecule has 2 N–H and O–H groups in total. The lowest BCUT2D eigenvalue weighted by molar-refractivity contribution is 1.35. The summed E-state index contributed by atoms with van der Waals surface area (Å²) in [5, 5.41) is 9.20. The number of hydrogen-bond acceptors (Lipinski definition) is 3. The first-order valence-electron chi connectivity index (χ1n) is 8.51. The van der Waals surface area contributed by atoms with Gasteiger partial charge in [-0.2, -0.15) is 0 Å². The van der Waals surface area contributed by atoms with Crippen molar-refractivity contribution in [3.63, 3.8) is 0 Å². The highest BCUT2D eigenvalue weighted by molar-refractivity contribution is 6.08. The van der Waals surface area contributed by atoms with Gasteiger partial charge in [-0.1, -0.05) is 36.4 Å². The molecular weight excluding hydrogens is 306 g/mol. The average Bonchev–Trinajstić information content (AvgIpc) is 2.63. The van der Waals surface area contributed by atoms with E-state index in [1.54, 1.807) is 0 Å². The Morgan fingerprint density at radius 2 is 1.24 bits per heavy atom. The largest absolute Gasteiger partial charge is 0.388 e. The lowest BCUT2D eigenvalue weighted by Crippen LogP contribution is -2.00. The van der Waals surface area contributed by atoms with E-state index in [0.29, 0.717) is 0 Å². The summed E-state index contributed by atoms with van der Waals surface area (Å²) in [6.07, 6.45) is 0. The fourth-order valence-electron chi connectivity index (χ4n) is 3.40. The maximum atomic E-state index is 4.80. The van der Waals surface area contributed by atoms with Crippen molar-refractivity contribution >= 4 is 38.9 Å². The molecule has 0 aliphatic carbocycles. The molecule has 0 aliphatic heterocycles. The minimum atomic E-state index is 1.01. The number of nitrogens with zero attached hydrogens (tertiary/aromatic N) is 1. The van der Waals surface area contributed by atoms with Crippen LogP contribution in [0.5, 0.6) is 0 Å². The minimum Gasteiger partial charge on any atom is -0.388 e. The van der Waals surface area contributed by atoms with E-state index in [1.807, 2.05) is 19.2 Å². The predicted molar refractivity (Wildman–Crippen MR) is 108 cm³/mol. The zero-order chi connectivity index (χ0) is 17.4. The lowest BCUT2D eigenvalue weighted by Gasteiger charge is -2.18. The molecule has 0 radical (unpaired) electrons. The number of hydrogen-bond donors (Lipinski definition) is 2. The number of fused-ring (bicyclic) bond motifs is 2. The Balaban J connectivity index is 1.97. The van der Waals surface area contributed by atoms with Gasteiger partial charge in [-0.15, -0.1) is 0 Å². The Bertz CT molecular complexity index is 1010. The predicted octanol–water partition coefficient (Wildman–Crippen LogP) is 5.79. The number of nitrogens with one attached hydrogen (secondary N) is 2. The van der Waals surface area contributed by atoms with E-state index < -0.39 is 0 Å². The van der Waals surface area contributed by atoms with Gasteiger partial charge < -0.3 is 10.6 Å². The summed E-state index contributed by atoms with van der Waals surface area (Å²) in [5.41, 5.74) is 7.84. The highest BCUT2D eigenvalue weighted by Crippen LogP contribution is 2.35. The van der Waals surface area contributed by atoms with Crippen molar-refractivity contribution < 1.29 is 0 Å². The molecule has 4 rings (SSSR count). The molecule has 0 atom stereocenters. The SMILES string of the molecule is CNc1cc(C)c(Nc2c3ccccc3nc3ccccc23)c(C)c1. The maximum absolute atomic E-state index is 4.80. The van der Waals surface area contributed by atoms with Crippen LogP contribution in [0.2, 0.25) is 0 Å². The van der Waals surface area contributed by atoms with E-state index in [-0.39, 0.29) is 0 Å². The van der Waals surface area contributed by atoms with E-state index in [4.69, 9.17) is 4.98 Å².